The lowest BCUT2D eigenvalue weighted by Gasteiger charge is -2.46. The molecular weight excluding hydrogens is 274 g/mol. The van der Waals surface area contributed by atoms with Gasteiger partial charge in [-0.25, -0.2) is 4.79 Å². The third-order valence-corrected chi connectivity index (χ3v) is 4.06. The van der Waals surface area contributed by atoms with Crippen molar-refractivity contribution >= 4 is 6.03 Å². The lowest BCUT2D eigenvalue weighted by atomic mass is 9.80. The first-order valence-electron chi connectivity index (χ1n) is 8.04. The minimum absolute atomic E-state index is 0.0379. The number of hydrogen-bond acceptors (Lipinski definition) is 2. The van der Waals surface area contributed by atoms with Gasteiger partial charge in [0.05, 0.1) is 0 Å². The van der Waals surface area contributed by atoms with Crippen molar-refractivity contribution in [2.45, 2.75) is 71.1 Å². The molecule has 0 radical (unpaired) electrons. The van der Waals surface area contributed by atoms with Crippen LogP contribution in [0.25, 0.3) is 0 Å². The van der Waals surface area contributed by atoms with Crippen LogP contribution in [0, 0.1) is 6.92 Å². The van der Waals surface area contributed by atoms with Crippen LogP contribution < -0.4 is 16.0 Å². The van der Waals surface area contributed by atoms with Gasteiger partial charge in [-0.3, -0.25) is 0 Å². The van der Waals surface area contributed by atoms with Gasteiger partial charge in [-0.05, 0) is 53.0 Å². The molecule has 2 rings (SSSR count). The van der Waals surface area contributed by atoms with Gasteiger partial charge in [-0.2, -0.15) is 0 Å². The van der Waals surface area contributed by atoms with Crippen molar-refractivity contribution in [3.63, 3.8) is 0 Å². The van der Waals surface area contributed by atoms with Crippen molar-refractivity contribution in [1.29, 1.82) is 0 Å². The average Bonchev–Trinajstić information content (AvgIpc) is 2.32. The van der Waals surface area contributed by atoms with E-state index in [0.29, 0.717) is 6.54 Å². The molecule has 1 saturated heterocycles. The van der Waals surface area contributed by atoms with Crippen LogP contribution in [-0.4, -0.2) is 23.2 Å². The lowest BCUT2D eigenvalue weighted by molar-refractivity contribution is 0.147. The number of rotatable bonds is 3. The molecule has 1 aliphatic heterocycles. The Kier molecular flexibility index (Phi) is 4.81. The van der Waals surface area contributed by atoms with Crippen molar-refractivity contribution in [3.05, 3.63) is 35.4 Å². The standard InChI is InChI=1S/C18H29N3O/c1-13-7-6-8-14(9-13)12-19-16(22)20-15-10-17(2,3)21-18(4,5)11-15/h6-9,15,21H,10-12H2,1-5H3,(H2,19,20,22). The summed E-state index contributed by atoms with van der Waals surface area (Å²) in [6.07, 6.45) is 1.88. The molecule has 4 heteroatoms. The van der Waals surface area contributed by atoms with Crippen LogP contribution in [-0.2, 0) is 6.54 Å². The van der Waals surface area contributed by atoms with Crippen LogP contribution in [0.15, 0.2) is 24.3 Å². The SMILES string of the molecule is Cc1cccc(CNC(=O)NC2CC(C)(C)NC(C)(C)C2)c1. The van der Waals surface area contributed by atoms with Crippen LogP contribution >= 0.6 is 0 Å². The first kappa shape index (κ1) is 16.8. The van der Waals surface area contributed by atoms with Gasteiger partial charge in [-0.1, -0.05) is 29.8 Å². The fourth-order valence-electron chi connectivity index (χ4n) is 3.67. The molecule has 1 aromatic carbocycles. The lowest BCUT2D eigenvalue weighted by Crippen LogP contribution is -2.62. The predicted octanol–water partition coefficient (Wildman–Crippen LogP) is 3.10. The minimum atomic E-state index is -0.0833. The molecule has 122 valence electrons. The minimum Gasteiger partial charge on any atom is -0.335 e. The molecule has 1 fully saturated rings. The second-order valence-electron chi connectivity index (χ2n) is 7.81. The van der Waals surface area contributed by atoms with E-state index < -0.39 is 0 Å². The predicted molar refractivity (Wildman–Crippen MR) is 90.9 cm³/mol. The molecular formula is C18H29N3O. The molecule has 1 aromatic rings. The molecule has 0 atom stereocenters. The number of aryl methyl sites for hydroxylation is 1. The molecule has 3 N–H and O–H groups in total. The summed E-state index contributed by atoms with van der Waals surface area (Å²) in [4.78, 5) is 12.1. The number of piperidine rings is 1. The topological polar surface area (TPSA) is 53.2 Å². The van der Waals surface area contributed by atoms with E-state index in [9.17, 15) is 4.79 Å². The Morgan fingerprint density at radius 2 is 1.86 bits per heavy atom. The Balaban J connectivity index is 1.86. The zero-order valence-corrected chi connectivity index (χ0v) is 14.4. The van der Waals surface area contributed by atoms with E-state index in [4.69, 9.17) is 0 Å². The maximum Gasteiger partial charge on any atom is 0.315 e. The number of urea groups is 1. The molecule has 0 unspecified atom stereocenters. The number of benzene rings is 1. The van der Waals surface area contributed by atoms with E-state index in [1.807, 2.05) is 12.1 Å². The second-order valence-corrected chi connectivity index (χ2v) is 7.81. The van der Waals surface area contributed by atoms with Crippen molar-refractivity contribution < 1.29 is 4.79 Å². The zero-order chi connectivity index (χ0) is 16.4. The van der Waals surface area contributed by atoms with E-state index in [1.165, 1.54) is 5.56 Å². The Morgan fingerprint density at radius 1 is 1.23 bits per heavy atom. The molecule has 0 spiro atoms. The fourth-order valence-corrected chi connectivity index (χ4v) is 3.67. The van der Waals surface area contributed by atoms with E-state index in [2.05, 4.69) is 62.7 Å². The van der Waals surface area contributed by atoms with E-state index in [1.54, 1.807) is 0 Å². The number of amides is 2. The summed E-state index contributed by atoms with van der Waals surface area (Å²) < 4.78 is 0. The fraction of sp³-hybridized carbons (Fsp3) is 0.611. The van der Waals surface area contributed by atoms with E-state index in [0.717, 1.165) is 18.4 Å². The maximum absolute atomic E-state index is 12.1. The quantitative estimate of drug-likeness (QED) is 0.803. The summed E-state index contributed by atoms with van der Waals surface area (Å²) in [7, 11) is 0. The first-order valence-corrected chi connectivity index (χ1v) is 8.04. The zero-order valence-electron chi connectivity index (χ0n) is 14.4. The summed E-state index contributed by atoms with van der Waals surface area (Å²) >= 11 is 0. The van der Waals surface area contributed by atoms with Crippen molar-refractivity contribution in [2.75, 3.05) is 0 Å². The Labute approximate surface area is 134 Å². The monoisotopic (exact) mass is 303 g/mol. The number of nitrogens with one attached hydrogen (secondary N) is 3. The first-order chi connectivity index (χ1) is 10.2. The molecule has 0 aliphatic carbocycles. The van der Waals surface area contributed by atoms with Crippen molar-refractivity contribution in [1.82, 2.24) is 16.0 Å². The highest BCUT2D eigenvalue weighted by Crippen LogP contribution is 2.28. The molecule has 0 aromatic heterocycles. The van der Waals surface area contributed by atoms with Gasteiger partial charge in [0.25, 0.3) is 0 Å². The Morgan fingerprint density at radius 3 is 2.45 bits per heavy atom. The average molecular weight is 303 g/mol. The summed E-state index contributed by atoms with van der Waals surface area (Å²) in [6.45, 7) is 11.4. The molecule has 0 bridgehead atoms. The normalized spacial score (nSPS) is 20.4. The van der Waals surface area contributed by atoms with Gasteiger partial charge < -0.3 is 16.0 Å². The number of hydrogen-bond donors (Lipinski definition) is 3. The van der Waals surface area contributed by atoms with Crippen LogP contribution in [0.2, 0.25) is 0 Å². The van der Waals surface area contributed by atoms with Gasteiger partial charge in [0.15, 0.2) is 0 Å². The summed E-state index contributed by atoms with van der Waals surface area (Å²) in [5, 5.41) is 9.71. The molecule has 22 heavy (non-hydrogen) atoms. The van der Waals surface area contributed by atoms with E-state index >= 15 is 0 Å². The maximum atomic E-state index is 12.1. The van der Waals surface area contributed by atoms with Gasteiger partial charge in [0.1, 0.15) is 0 Å². The van der Waals surface area contributed by atoms with Crippen LogP contribution in [0.5, 0.6) is 0 Å². The summed E-state index contributed by atoms with van der Waals surface area (Å²) in [5.41, 5.74) is 2.41. The Bertz CT molecular complexity index is 521. The highest BCUT2D eigenvalue weighted by atomic mass is 16.2. The molecule has 0 saturated carbocycles. The number of carbonyl (C=O) groups is 1. The molecule has 1 aliphatic rings. The van der Waals surface area contributed by atoms with Gasteiger partial charge in [0, 0.05) is 23.7 Å². The smallest absolute Gasteiger partial charge is 0.315 e. The van der Waals surface area contributed by atoms with Crippen molar-refractivity contribution in [3.8, 4) is 0 Å². The third-order valence-electron chi connectivity index (χ3n) is 4.06. The summed E-state index contributed by atoms with van der Waals surface area (Å²) in [5.74, 6) is 0. The van der Waals surface area contributed by atoms with Gasteiger partial charge in [0.2, 0.25) is 0 Å². The second kappa shape index (κ2) is 6.29. The van der Waals surface area contributed by atoms with Crippen LogP contribution in [0.1, 0.15) is 51.7 Å². The van der Waals surface area contributed by atoms with Gasteiger partial charge in [-0.15, -0.1) is 0 Å². The van der Waals surface area contributed by atoms with Gasteiger partial charge >= 0.3 is 6.03 Å². The summed E-state index contributed by atoms with van der Waals surface area (Å²) in [6, 6.07) is 8.31. The van der Waals surface area contributed by atoms with Crippen molar-refractivity contribution in [2.24, 2.45) is 0 Å². The molecule has 2 amide bonds. The highest BCUT2D eigenvalue weighted by molar-refractivity contribution is 5.74. The van der Waals surface area contributed by atoms with Crippen LogP contribution in [0.3, 0.4) is 0 Å². The molecule has 4 nitrogen and oxygen atoms in total. The molecule has 1 heterocycles. The third kappa shape index (κ3) is 5.02. The van der Waals surface area contributed by atoms with Crippen LogP contribution in [0.4, 0.5) is 4.79 Å². The Hall–Kier alpha value is -1.55. The highest BCUT2D eigenvalue weighted by Gasteiger charge is 2.38. The number of carbonyl (C=O) groups excluding carboxylic acids is 1. The van der Waals surface area contributed by atoms with E-state index in [-0.39, 0.29) is 23.2 Å². The largest absolute Gasteiger partial charge is 0.335 e.